The molecule has 3 rings (SSSR count). The molecule has 0 aliphatic carbocycles. The molecule has 196 valence electrons. The molecule has 2 amide bonds. The monoisotopic (exact) mass is 587 g/mol. The van der Waals surface area contributed by atoms with Crippen LogP contribution in [0, 0.1) is 0 Å². The number of ether oxygens (including phenoxy) is 1. The molecule has 37 heavy (non-hydrogen) atoms. The van der Waals surface area contributed by atoms with E-state index in [4.69, 9.17) is 4.74 Å². The molecule has 1 N–H and O–H groups in total. The summed E-state index contributed by atoms with van der Waals surface area (Å²) in [4.78, 5) is 27.7. The summed E-state index contributed by atoms with van der Waals surface area (Å²) in [6.07, 6.45) is 0. The Morgan fingerprint density at radius 1 is 1.00 bits per heavy atom. The molecule has 1 atom stereocenters. The van der Waals surface area contributed by atoms with Crippen LogP contribution in [0.15, 0.2) is 88.2 Å². The van der Waals surface area contributed by atoms with Crippen molar-refractivity contribution in [1.29, 1.82) is 0 Å². The summed E-state index contributed by atoms with van der Waals surface area (Å²) < 4.78 is 34.8. The number of amides is 2. The predicted molar refractivity (Wildman–Crippen MR) is 147 cm³/mol. The van der Waals surface area contributed by atoms with Gasteiger partial charge in [-0.2, -0.15) is 0 Å². The Hall–Kier alpha value is -3.37. The first-order valence-electron chi connectivity index (χ1n) is 11.7. The quantitative estimate of drug-likeness (QED) is 0.362. The minimum atomic E-state index is -4.10. The molecule has 0 radical (unpaired) electrons. The second-order valence-electron chi connectivity index (χ2n) is 8.19. The number of halogens is 1. The lowest BCUT2D eigenvalue weighted by Gasteiger charge is -2.31. The van der Waals surface area contributed by atoms with Gasteiger partial charge in [0.1, 0.15) is 18.3 Å². The van der Waals surface area contributed by atoms with E-state index in [1.165, 1.54) is 24.1 Å². The molecule has 8 nitrogen and oxygen atoms in total. The minimum Gasteiger partial charge on any atom is -0.494 e. The minimum absolute atomic E-state index is 0.0505. The molecule has 10 heteroatoms. The lowest BCUT2D eigenvalue weighted by Crippen LogP contribution is -2.50. The van der Waals surface area contributed by atoms with Gasteiger partial charge in [0.15, 0.2) is 0 Å². The van der Waals surface area contributed by atoms with Crippen molar-refractivity contribution in [3.05, 3.63) is 88.9 Å². The number of likely N-dealkylation sites (N-methyl/N-ethyl adjacent to an activating group) is 1. The van der Waals surface area contributed by atoms with E-state index in [9.17, 15) is 18.0 Å². The highest BCUT2D eigenvalue weighted by molar-refractivity contribution is 9.10. The molecule has 3 aromatic rings. The van der Waals surface area contributed by atoms with Crippen LogP contribution < -0.4 is 14.4 Å². The third-order valence-corrected chi connectivity index (χ3v) is 7.98. The third kappa shape index (κ3) is 7.11. The molecule has 3 aromatic carbocycles. The molecule has 0 saturated heterocycles. The highest BCUT2D eigenvalue weighted by Crippen LogP contribution is 2.26. The number of carbonyl (C=O) groups excluding carboxylic acids is 2. The first kappa shape index (κ1) is 28.2. The van der Waals surface area contributed by atoms with Crippen molar-refractivity contribution in [2.75, 3.05) is 24.5 Å². The molecular formula is C27H30BrN3O5S. The first-order valence-corrected chi connectivity index (χ1v) is 14.0. The van der Waals surface area contributed by atoms with Crippen LogP contribution in [0.25, 0.3) is 0 Å². The summed E-state index contributed by atoms with van der Waals surface area (Å²) in [5.74, 6) is -0.300. The van der Waals surface area contributed by atoms with Crippen molar-refractivity contribution in [2.24, 2.45) is 0 Å². The summed E-state index contributed by atoms with van der Waals surface area (Å²) in [6.45, 7) is 3.55. The van der Waals surface area contributed by atoms with Gasteiger partial charge in [-0.05, 0) is 67.9 Å². The summed E-state index contributed by atoms with van der Waals surface area (Å²) in [5, 5.41) is 2.57. The van der Waals surface area contributed by atoms with Crippen molar-refractivity contribution in [1.82, 2.24) is 10.2 Å². The smallest absolute Gasteiger partial charge is 0.264 e. The number of hydrogen-bond donors (Lipinski definition) is 1. The Bertz CT molecular complexity index is 1320. The van der Waals surface area contributed by atoms with Gasteiger partial charge in [0, 0.05) is 18.1 Å². The number of nitrogens with one attached hydrogen (secondary N) is 1. The fourth-order valence-electron chi connectivity index (χ4n) is 3.75. The van der Waals surface area contributed by atoms with E-state index in [2.05, 4.69) is 21.2 Å². The van der Waals surface area contributed by atoms with E-state index in [0.29, 0.717) is 18.0 Å². The SMILES string of the molecule is CCOc1ccc(N(CC(=O)N(Cc2cccc(Br)c2)[C@@H](C)C(=O)NC)S(=O)(=O)c2ccccc2)cc1. The van der Waals surface area contributed by atoms with Crippen LogP contribution in [0.5, 0.6) is 5.75 Å². The van der Waals surface area contributed by atoms with Crippen LogP contribution in [0.3, 0.4) is 0 Å². The lowest BCUT2D eigenvalue weighted by atomic mass is 10.1. The van der Waals surface area contributed by atoms with Gasteiger partial charge in [-0.15, -0.1) is 0 Å². The Morgan fingerprint density at radius 2 is 1.68 bits per heavy atom. The lowest BCUT2D eigenvalue weighted by molar-refractivity contribution is -0.139. The van der Waals surface area contributed by atoms with E-state index in [0.717, 1.165) is 14.3 Å². The fraction of sp³-hybridized carbons (Fsp3) is 0.259. The maximum atomic E-state index is 13.7. The zero-order valence-electron chi connectivity index (χ0n) is 20.9. The van der Waals surface area contributed by atoms with Crippen molar-refractivity contribution >= 4 is 43.5 Å². The average Bonchev–Trinajstić information content (AvgIpc) is 2.90. The molecule has 0 aliphatic heterocycles. The van der Waals surface area contributed by atoms with Gasteiger partial charge < -0.3 is 15.0 Å². The molecule has 0 saturated carbocycles. The van der Waals surface area contributed by atoms with Crippen molar-refractivity contribution in [3.8, 4) is 5.75 Å². The van der Waals surface area contributed by atoms with E-state index >= 15 is 0 Å². The Kier molecular flexibility index (Phi) is 9.71. The maximum Gasteiger partial charge on any atom is 0.264 e. The second-order valence-corrected chi connectivity index (χ2v) is 11.0. The summed E-state index contributed by atoms with van der Waals surface area (Å²) in [5.41, 5.74) is 1.09. The third-order valence-electron chi connectivity index (χ3n) is 5.70. The summed E-state index contributed by atoms with van der Waals surface area (Å²) in [6, 6.07) is 21.0. The number of carbonyl (C=O) groups is 2. The number of benzene rings is 3. The molecule has 0 aromatic heterocycles. The number of hydrogen-bond acceptors (Lipinski definition) is 5. The van der Waals surface area contributed by atoms with Crippen molar-refractivity contribution in [3.63, 3.8) is 0 Å². The summed E-state index contributed by atoms with van der Waals surface area (Å²) >= 11 is 3.43. The number of nitrogens with zero attached hydrogens (tertiary/aromatic N) is 2. The fourth-order valence-corrected chi connectivity index (χ4v) is 5.63. The molecule has 0 heterocycles. The number of anilines is 1. The van der Waals surface area contributed by atoms with Crippen LogP contribution in [-0.4, -0.2) is 51.4 Å². The molecule has 0 unspecified atom stereocenters. The predicted octanol–water partition coefficient (Wildman–Crippen LogP) is 4.21. The van der Waals surface area contributed by atoms with E-state index in [1.807, 2.05) is 31.2 Å². The van der Waals surface area contributed by atoms with E-state index in [1.54, 1.807) is 49.4 Å². The number of rotatable bonds is 11. The van der Waals surface area contributed by atoms with Crippen LogP contribution in [0.4, 0.5) is 5.69 Å². The molecule has 0 bridgehead atoms. The van der Waals surface area contributed by atoms with E-state index in [-0.39, 0.29) is 17.3 Å². The second kappa shape index (κ2) is 12.7. The molecule has 0 spiro atoms. The standard InChI is InChI=1S/C27H30BrN3O5S/c1-4-36-24-15-13-23(14-16-24)31(37(34,35)25-11-6-5-7-12-25)19-26(32)30(20(2)27(33)29-3)18-21-9-8-10-22(28)17-21/h5-17,20H,4,18-19H2,1-3H3,(H,29,33)/t20-/m0/s1. The highest BCUT2D eigenvalue weighted by Gasteiger charge is 2.32. The molecular weight excluding hydrogens is 558 g/mol. The van der Waals surface area contributed by atoms with Gasteiger partial charge in [-0.1, -0.05) is 46.3 Å². The van der Waals surface area contributed by atoms with Gasteiger partial charge in [0.05, 0.1) is 17.2 Å². The van der Waals surface area contributed by atoms with Gasteiger partial charge >= 0.3 is 0 Å². The normalized spacial score (nSPS) is 11.9. The van der Waals surface area contributed by atoms with Gasteiger partial charge in [0.25, 0.3) is 10.0 Å². The average molecular weight is 589 g/mol. The largest absolute Gasteiger partial charge is 0.494 e. The molecule has 0 fully saturated rings. The summed E-state index contributed by atoms with van der Waals surface area (Å²) in [7, 11) is -2.61. The van der Waals surface area contributed by atoms with Crippen LogP contribution >= 0.6 is 15.9 Å². The number of sulfonamides is 1. The molecule has 0 aliphatic rings. The zero-order chi connectivity index (χ0) is 27.0. The van der Waals surface area contributed by atoms with Crippen LogP contribution in [0.1, 0.15) is 19.4 Å². The van der Waals surface area contributed by atoms with Crippen LogP contribution in [0.2, 0.25) is 0 Å². The Labute approximate surface area is 226 Å². The van der Waals surface area contributed by atoms with Gasteiger partial charge in [-0.3, -0.25) is 13.9 Å². The topological polar surface area (TPSA) is 96.0 Å². The Morgan fingerprint density at radius 3 is 2.27 bits per heavy atom. The van der Waals surface area contributed by atoms with E-state index < -0.39 is 28.5 Å². The first-order chi connectivity index (χ1) is 17.7. The highest BCUT2D eigenvalue weighted by atomic mass is 79.9. The van der Waals surface area contributed by atoms with Crippen molar-refractivity contribution < 1.29 is 22.7 Å². The van der Waals surface area contributed by atoms with Crippen LogP contribution in [-0.2, 0) is 26.2 Å². The van der Waals surface area contributed by atoms with Crippen molar-refractivity contribution in [2.45, 2.75) is 31.3 Å². The van der Waals surface area contributed by atoms with Gasteiger partial charge in [0.2, 0.25) is 11.8 Å². The Balaban J connectivity index is 2.01. The maximum absolute atomic E-state index is 13.7. The van der Waals surface area contributed by atoms with Gasteiger partial charge in [-0.25, -0.2) is 8.42 Å². The zero-order valence-corrected chi connectivity index (χ0v) is 23.3.